The van der Waals surface area contributed by atoms with Gasteiger partial charge in [-0.3, -0.25) is 15.4 Å². The Labute approximate surface area is 435 Å². The first-order valence-electron chi connectivity index (χ1n) is 21.9. The van der Waals surface area contributed by atoms with Gasteiger partial charge in [-0.2, -0.15) is 13.1 Å². The fourth-order valence-corrected chi connectivity index (χ4v) is 8.29. The third-order valence-corrected chi connectivity index (χ3v) is 11.2. The van der Waals surface area contributed by atoms with E-state index in [2.05, 4.69) is 30.0 Å². The first kappa shape index (κ1) is 60.0. The van der Waals surface area contributed by atoms with Crippen LogP contribution in [0.4, 0.5) is 32.6 Å². The summed E-state index contributed by atoms with van der Waals surface area (Å²) in [5.74, 6) is -0.402. The number of alkyl halides is 1. The van der Waals surface area contributed by atoms with Crippen molar-refractivity contribution >= 4 is 114 Å². The molecule has 392 valence electrons. The Balaban J connectivity index is 0.000000379. The number of nitrogens with one attached hydrogen (secondary N) is 4. The molecule has 0 fully saturated rings. The maximum Gasteiger partial charge on any atom is 0.413 e. The molecule has 19 nitrogen and oxygen atoms in total. The number of nitrogen functional groups attached to an aromatic ring is 1. The number of esters is 2. The summed E-state index contributed by atoms with van der Waals surface area (Å²) < 4.78 is 55.0. The fraction of sp³-hybridized carbons (Fsp3) is 0.388. The monoisotopic (exact) mass is 1080 g/mol. The van der Waals surface area contributed by atoms with E-state index in [1.807, 2.05) is 0 Å². The number of aromatic nitrogens is 4. The number of carbonyl (C=O) groups excluding carboxylic acids is 4. The van der Waals surface area contributed by atoms with E-state index in [9.17, 15) is 27.6 Å². The van der Waals surface area contributed by atoms with Gasteiger partial charge in [-0.15, -0.1) is 11.6 Å². The Bertz CT molecular complexity index is 2990. The average Bonchev–Trinajstić information content (AvgIpc) is 3.68. The van der Waals surface area contributed by atoms with Gasteiger partial charge in [0, 0.05) is 58.7 Å². The molecule has 2 aromatic carbocycles. The number of amides is 2. The van der Waals surface area contributed by atoms with Gasteiger partial charge in [-0.1, -0.05) is 38.1 Å². The Morgan fingerprint density at radius 1 is 0.681 bits per heavy atom. The summed E-state index contributed by atoms with van der Waals surface area (Å²) in [6, 6.07) is 16.9. The number of pyridine rings is 2. The summed E-state index contributed by atoms with van der Waals surface area (Å²) >= 11 is 18.0. The van der Waals surface area contributed by atoms with Crippen molar-refractivity contribution in [3.05, 3.63) is 106 Å². The highest BCUT2D eigenvalue weighted by molar-refractivity contribution is 7.90. The Morgan fingerprint density at radius 2 is 1.12 bits per heavy atom. The molecule has 0 bridgehead atoms. The van der Waals surface area contributed by atoms with E-state index >= 15 is 0 Å². The molecule has 6 aromatic rings. The van der Waals surface area contributed by atoms with Crippen molar-refractivity contribution < 1.29 is 46.5 Å². The van der Waals surface area contributed by atoms with E-state index in [4.69, 9.17) is 59.5 Å². The Hall–Kier alpha value is -6.32. The van der Waals surface area contributed by atoms with Crippen LogP contribution in [0.3, 0.4) is 0 Å². The maximum atomic E-state index is 13.2. The highest BCUT2D eigenvalue weighted by Gasteiger charge is 2.28. The molecule has 4 heterocycles. The molecule has 2 amide bonds. The minimum absolute atomic E-state index is 0. The van der Waals surface area contributed by atoms with Crippen LogP contribution >= 0.6 is 34.8 Å². The normalized spacial score (nSPS) is 11.3. The average molecular weight is 1080 g/mol. The van der Waals surface area contributed by atoms with Gasteiger partial charge in [0.2, 0.25) is 0 Å². The van der Waals surface area contributed by atoms with E-state index in [0.29, 0.717) is 56.4 Å². The molecule has 0 unspecified atom stereocenters. The molecule has 0 radical (unpaired) electrons. The number of anilines is 4. The van der Waals surface area contributed by atoms with Crippen molar-refractivity contribution in [3.63, 3.8) is 0 Å². The van der Waals surface area contributed by atoms with E-state index < -0.39 is 45.5 Å². The van der Waals surface area contributed by atoms with Crippen LogP contribution < -0.4 is 25.8 Å². The zero-order valence-electron chi connectivity index (χ0n) is 39.9. The number of nitrogens with zero attached hydrogens (tertiary/aromatic N) is 4. The molecular formula is C49H64Cl3N9O10S. The smallest absolute Gasteiger partial charge is 0.413 e. The van der Waals surface area contributed by atoms with Crippen molar-refractivity contribution in [2.45, 2.75) is 101 Å². The third-order valence-electron chi connectivity index (χ3n) is 9.45. The summed E-state index contributed by atoms with van der Waals surface area (Å²) in [6.45, 7) is 14.8. The molecule has 6 N–H and O–H groups in total. The predicted molar refractivity (Wildman–Crippen MR) is 286 cm³/mol. The highest BCUT2D eigenvalue weighted by atomic mass is 35.5. The van der Waals surface area contributed by atoms with E-state index in [0.717, 1.165) is 11.1 Å². The standard InChI is InChI=1S/C25H31Cl2N5O6S.C22H25ClN4O4.2CH4/c1-5-37-23(33)22-21(31-39(35,36)29-11-6-10-26)18-14-17(27)7-8-19(18)32(22)15-16-9-12-28-20(13-16)30-24(34)38-25(2,3)4;1-5-30-20(28)19-18(24)15-11-14(23)6-7-16(15)27(19)12-13-8-9-25-17(10-13)26-21(29)31-22(2,3)4;;/h7-9,12-14,29,31H,5-6,10-11,15H2,1-4H3,(H,28,30,34);6-11H,5,12,24H2,1-4H3,(H,25,26,29);2*1H4. The van der Waals surface area contributed by atoms with E-state index in [-0.39, 0.29) is 69.9 Å². The molecule has 0 aliphatic heterocycles. The molecule has 23 heteroatoms. The van der Waals surface area contributed by atoms with Crippen LogP contribution in [0.2, 0.25) is 10.0 Å². The molecule has 72 heavy (non-hydrogen) atoms. The van der Waals surface area contributed by atoms with Crippen LogP contribution in [0.1, 0.15) is 109 Å². The van der Waals surface area contributed by atoms with Crippen LogP contribution in [-0.4, -0.2) is 88.5 Å². The molecule has 0 aliphatic rings. The van der Waals surface area contributed by atoms with Gasteiger partial charge < -0.3 is 33.8 Å². The lowest BCUT2D eigenvalue weighted by Crippen LogP contribution is -2.31. The minimum atomic E-state index is -4.07. The third kappa shape index (κ3) is 16.6. The van der Waals surface area contributed by atoms with Gasteiger partial charge in [0.15, 0.2) is 11.4 Å². The number of rotatable bonds is 16. The zero-order chi connectivity index (χ0) is 51.6. The van der Waals surface area contributed by atoms with Crippen molar-refractivity contribution in [2.75, 3.05) is 46.7 Å². The van der Waals surface area contributed by atoms with Gasteiger partial charge in [-0.25, -0.2) is 29.1 Å². The molecule has 0 saturated carbocycles. The second-order valence-electron chi connectivity index (χ2n) is 17.3. The molecule has 6 rings (SSSR count). The van der Waals surface area contributed by atoms with Gasteiger partial charge in [0.1, 0.15) is 22.8 Å². The molecule has 0 atom stereocenters. The molecular weight excluding hydrogens is 1010 g/mol. The van der Waals surface area contributed by atoms with Gasteiger partial charge in [0.05, 0.1) is 35.6 Å². The van der Waals surface area contributed by atoms with Crippen LogP contribution in [0.15, 0.2) is 73.1 Å². The zero-order valence-corrected chi connectivity index (χ0v) is 43.0. The Kier molecular flexibility index (Phi) is 21.6. The second kappa shape index (κ2) is 25.9. The summed E-state index contributed by atoms with van der Waals surface area (Å²) in [5.41, 5.74) is 8.23. The first-order chi connectivity index (χ1) is 32.9. The SMILES string of the molecule is C.C.CCOC(=O)c1c(N)c2cc(Cl)ccc2n1Cc1ccnc(NC(=O)OC(C)(C)C)c1.CCOC(=O)c1c(NS(=O)(=O)NCCCCl)c2cc(Cl)ccc2n1Cc1ccnc(NC(=O)OC(C)(C)C)c1. The first-order valence-corrected chi connectivity index (χ1v) is 24.7. The van der Waals surface area contributed by atoms with Gasteiger partial charge >= 0.3 is 24.1 Å². The van der Waals surface area contributed by atoms with Crippen molar-refractivity contribution in [1.29, 1.82) is 0 Å². The lowest BCUT2D eigenvalue weighted by atomic mass is 10.2. The summed E-state index contributed by atoms with van der Waals surface area (Å²) in [4.78, 5) is 58.4. The predicted octanol–water partition coefficient (Wildman–Crippen LogP) is 11.3. The molecule has 4 aromatic heterocycles. The molecule has 0 saturated heterocycles. The highest BCUT2D eigenvalue weighted by Crippen LogP contribution is 2.36. The van der Waals surface area contributed by atoms with Crippen LogP contribution in [0.5, 0.6) is 0 Å². The number of benzene rings is 2. The van der Waals surface area contributed by atoms with E-state index in [1.165, 1.54) is 6.20 Å². The minimum Gasteiger partial charge on any atom is -0.461 e. The fourth-order valence-electron chi connectivity index (χ4n) is 6.85. The van der Waals surface area contributed by atoms with Crippen LogP contribution in [0, 0.1) is 0 Å². The maximum absolute atomic E-state index is 13.2. The number of carbonyl (C=O) groups is 4. The second-order valence-corrected chi connectivity index (χ2v) is 20.1. The Morgan fingerprint density at radius 3 is 1.58 bits per heavy atom. The topological polar surface area (TPSA) is 249 Å². The number of fused-ring (bicyclic) bond motifs is 2. The van der Waals surface area contributed by atoms with Crippen LogP contribution in [0.25, 0.3) is 21.8 Å². The van der Waals surface area contributed by atoms with Gasteiger partial charge in [0.25, 0.3) is 10.2 Å². The van der Waals surface area contributed by atoms with Crippen molar-refractivity contribution in [1.82, 2.24) is 23.8 Å². The molecule has 0 spiro atoms. The number of hydrogen-bond donors (Lipinski definition) is 5. The van der Waals surface area contributed by atoms with Crippen molar-refractivity contribution in [2.24, 2.45) is 0 Å². The van der Waals surface area contributed by atoms with Gasteiger partial charge in [-0.05, 0) is 134 Å². The number of halogens is 3. The molecule has 0 aliphatic carbocycles. The number of ether oxygens (including phenoxy) is 4. The van der Waals surface area contributed by atoms with E-state index in [1.54, 1.807) is 131 Å². The summed E-state index contributed by atoms with van der Waals surface area (Å²) in [7, 11) is -4.07. The van der Waals surface area contributed by atoms with Crippen molar-refractivity contribution in [3.8, 4) is 0 Å². The summed E-state index contributed by atoms with van der Waals surface area (Å²) in [5, 5.41) is 7.12. The largest absolute Gasteiger partial charge is 0.461 e. The lowest BCUT2D eigenvalue weighted by Gasteiger charge is -2.19. The summed E-state index contributed by atoms with van der Waals surface area (Å²) in [6.07, 6.45) is 2.22. The number of nitrogens with two attached hydrogens (primary N) is 1. The quantitative estimate of drug-likeness (QED) is 0.0262. The number of hydrogen-bond acceptors (Lipinski definition) is 13. The van der Waals surface area contributed by atoms with Crippen LogP contribution in [-0.2, 0) is 42.2 Å². The lowest BCUT2D eigenvalue weighted by molar-refractivity contribution is 0.0506.